The highest BCUT2D eigenvalue weighted by molar-refractivity contribution is 8.00. The van der Waals surface area contributed by atoms with Gasteiger partial charge < -0.3 is 14.2 Å². The lowest BCUT2D eigenvalue weighted by Crippen LogP contribution is -2.30. The van der Waals surface area contributed by atoms with E-state index in [4.69, 9.17) is 14.2 Å². The Balaban J connectivity index is 1.70. The Morgan fingerprint density at radius 2 is 1.94 bits per heavy atom. The fourth-order valence-corrected chi connectivity index (χ4v) is 6.23. The van der Waals surface area contributed by atoms with Gasteiger partial charge in [0.2, 0.25) is 0 Å². The van der Waals surface area contributed by atoms with Gasteiger partial charge in [0.05, 0.1) is 12.7 Å². The van der Waals surface area contributed by atoms with Crippen molar-refractivity contribution >= 4 is 23.5 Å². The maximum absolute atomic E-state index is 12.5. The quantitative estimate of drug-likeness (QED) is 0.179. The van der Waals surface area contributed by atoms with Crippen LogP contribution in [0, 0.1) is 5.92 Å². The van der Waals surface area contributed by atoms with Gasteiger partial charge in [0, 0.05) is 36.4 Å². The average molecular weight is 471 g/mol. The third-order valence-corrected chi connectivity index (χ3v) is 8.15. The molecule has 2 rings (SSSR count). The number of carbonyl (C=O) groups is 2. The molecule has 0 aromatic rings. The van der Waals surface area contributed by atoms with Crippen LogP contribution in [0.3, 0.4) is 0 Å². The summed E-state index contributed by atoms with van der Waals surface area (Å²) < 4.78 is 17.2. The number of hydrogen-bond acceptors (Lipinski definition) is 6. The second kappa shape index (κ2) is 16.9. The van der Waals surface area contributed by atoms with E-state index in [1.54, 1.807) is 0 Å². The molecule has 0 aromatic carbocycles. The first-order valence-electron chi connectivity index (χ1n) is 13.2. The summed E-state index contributed by atoms with van der Waals surface area (Å²) in [7, 11) is 0. The molecule has 0 bridgehead atoms. The number of hydrogen-bond donors (Lipinski definition) is 0. The number of thioether (sulfide) groups is 1. The van der Waals surface area contributed by atoms with Crippen LogP contribution >= 0.6 is 11.8 Å². The highest BCUT2D eigenvalue weighted by atomic mass is 32.2. The third kappa shape index (κ3) is 11.0. The van der Waals surface area contributed by atoms with E-state index in [9.17, 15) is 9.59 Å². The molecule has 4 atom stereocenters. The molecule has 0 N–H and O–H groups in total. The summed E-state index contributed by atoms with van der Waals surface area (Å²) in [5.41, 5.74) is 0. The molecule has 32 heavy (non-hydrogen) atoms. The zero-order valence-electron chi connectivity index (χ0n) is 20.5. The van der Waals surface area contributed by atoms with Gasteiger partial charge in [-0.25, -0.2) is 0 Å². The molecule has 0 radical (unpaired) electrons. The van der Waals surface area contributed by atoms with E-state index in [0.717, 1.165) is 76.6 Å². The number of unbranched alkanes of at least 4 members (excludes halogenated alkanes) is 5. The summed E-state index contributed by atoms with van der Waals surface area (Å²) >= 11 is 1.97. The number of carbonyl (C=O) groups excluding carboxylic acids is 2. The Bertz CT molecular complexity index is 520. The molecular formula is C26H46O5S. The van der Waals surface area contributed by atoms with Crippen molar-refractivity contribution in [3.8, 4) is 0 Å². The van der Waals surface area contributed by atoms with E-state index in [1.807, 2.05) is 18.7 Å². The van der Waals surface area contributed by atoms with Crippen molar-refractivity contribution in [2.24, 2.45) is 5.92 Å². The molecule has 4 unspecified atom stereocenters. The summed E-state index contributed by atoms with van der Waals surface area (Å²) in [5, 5.41) is 0.437. The fourth-order valence-electron chi connectivity index (χ4n) is 4.72. The smallest absolute Gasteiger partial charge is 0.305 e. The summed E-state index contributed by atoms with van der Waals surface area (Å²) in [6, 6.07) is 0. The molecule has 1 heterocycles. The maximum atomic E-state index is 12.5. The molecule has 0 aromatic heterocycles. The summed E-state index contributed by atoms with van der Waals surface area (Å²) in [4.78, 5) is 23.9. The summed E-state index contributed by atoms with van der Waals surface area (Å²) in [6.45, 7) is 5.35. The topological polar surface area (TPSA) is 61.8 Å². The average Bonchev–Trinajstić information content (AvgIpc) is 3.14. The Labute approximate surface area is 200 Å². The van der Waals surface area contributed by atoms with Gasteiger partial charge in [0.25, 0.3) is 0 Å². The second-order valence-corrected chi connectivity index (χ2v) is 10.6. The number of ketones is 1. The number of ether oxygens (including phenoxy) is 3. The molecule has 186 valence electrons. The van der Waals surface area contributed by atoms with Crippen LogP contribution in [0.25, 0.3) is 0 Å². The van der Waals surface area contributed by atoms with Crippen molar-refractivity contribution in [2.75, 3.05) is 19.0 Å². The van der Waals surface area contributed by atoms with E-state index >= 15 is 0 Å². The van der Waals surface area contributed by atoms with Crippen molar-refractivity contribution in [1.82, 2.24) is 0 Å². The molecule has 2 fully saturated rings. The minimum Gasteiger partial charge on any atom is -0.466 e. The van der Waals surface area contributed by atoms with Crippen molar-refractivity contribution in [3.05, 3.63) is 0 Å². The molecule has 0 amide bonds. The van der Waals surface area contributed by atoms with Crippen LogP contribution in [0.5, 0.6) is 0 Å². The molecule has 2 aliphatic rings. The Kier molecular flexibility index (Phi) is 14.6. The zero-order valence-corrected chi connectivity index (χ0v) is 21.3. The molecular weight excluding hydrogens is 424 g/mol. The lowest BCUT2D eigenvalue weighted by Gasteiger charge is -2.29. The van der Waals surface area contributed by atoms with Crippen molar-refractivity contribution in [1.29, 1.82) is 0 Å². The standard InChI is InChI=1S/C26H46O5S/c1-3-5-8-13-21(31-26-16-11-12-19-30-26)20-32-24-18-17-23(27)22(24)14-9-6-7-10-15-25(28)29-4-2/h21-22,24,26H,3-20H2,1-2H3. The SMILES string of the molecule is CCCCCC(CSC1CCC(=O)C1CCCCCCC(=O)OCC)OC1CCCCO1. The predicted molar refractivity (Wildman–Crippen MR) is 131 cm³/mol. The van der Waals surface area contributed by atoms with Gasteiger partial charge in [-0.05, 0) is 51.9 Å². The van der Waals surface area contributed by atoms with Gasteiger partial charge in [0.1, 0.15) is 5.78 Å². The first-order chi connectivity index (χ1) is 15.6. The Morgan fingerprint density at radius 1 is 1.09 bits per heavy atom. The lowest BCUT2D eigenvalue weighted by atomic mass is 9.98. The van der Waals surface area contributed by atoms with Crippen LogP contribution in [0.15, 0.2) is 0 Å². The lowest BCUT2D eigenvalue weighted by molar-refractivity contribution is -0.184. The number of rotatable bonds is 17. The van der Waals surface area contributed by atoms with Gasteiger partial charge in [-0.3, -0.25) is 9.59 Å². The number of Topliss-reactive ketones (excluding diaryl/α,β-unsaturated/α-hetero) is 1. The molecule has 0 spiro atoms. The Morgan fingerprint density at radius 3 is 2.69 bits per heavy atom. The maximum Gasteiger partial charge on any atom is 0.305 e. The zero-order chi connectivity index (χ0) is 23.0. The highest BCUT2D eigenvalue weighted by Crippen LogP contribution is 2.37. The highest BCUT2D eigenvalue weighted by Gasteiger charge is 2.35. The fraction of sp³-hybridized carbons (Fsp3) is 0.923. The van der Waals surface area contributed by atoms with Gasteiger partial charge in [-0.15, -0.1) is 0 Å². The normalized spacial score (nSPS) is 24.6. The minimum absolute atomic E-state index is 0.0356. The first kappa shape index (κ1) is 27.7. The number of esters is 1. The van der Waals surface area contributed by atoms with Crippen LogP contribution < -0.4 is 0 Å². The van der Waals surface area contributed by atoms with E-state index in [0.29, 0.717) is 24.1 Å². The van der Waals surface area contributed by atoms with Crippen LogP contribution in [0.1, 0.15) is 110 Å². The first-order valence-corrected chi connectivity index (χ1v) is 14.3. The second-order valence-electron chi connectivity index (χ2n) is 9.29. The van der Waals surface area contributed by atoms with E-state index in [-0.39, 0.29) is 24.3 Å². The molecule has 1 saturated carbocycles. The molecule has 1 aliphatic heterocycles. The van der Waals surface area contributed by atoms with Gasteiger partial charge in [0.15, 0.2) is 6.29 Å². The Hall–Kier alpha value is -0.590. The third-order valence-electron chi connectivity index (χ3n) is 6.60. The molecule has 5 nitrogen and oxygen atoms in total. The van der Waals surface area contributed by atoms with Crippen LogP contribution in [0.2, 0.25) is 0 Å². The van der Waals surface area contributed by atoms with E-state index in [2.05, 4.69) is 6.92 Å². The van der Waals surface area contributed by atoms with Crippen molar-refractivity contribution in [3.63, 3.8) is 0 Å². The van der Waals surface area contributed by atoms with Crippen molar-refractivity contribution in [2.45, 2.75) is 128 Å². The van der Waals surface area contributed by atoms with Gasteiger partial charge in [-0.1, -0.05) is 45.4 Å². The van der Waals surface area contributed by atoms with E-state index < -0.39 is 0 Å². The largest absolute Gasteiger partial charge is 0.466 e. The minimum atomic E-state index is -0.0933. The summed E-state index contributed by atoms with van der Waals surface area (Å²) in [6.07, 6.45) is 15.6. The van der Waals surface area contributed by atoms with Gasteiger partial charge >= 0.3 is 5.97 Å². The molecule has 1 aliphatic carbocycles. The van der Waals surface area contributed by atoms with Gasteiger partial charge in [-0.2, -0.15) is 11.8 Å². The van der Waals surface area contributed by atoms with Crippen LogP contribution in [-0.2, 0) is 23.8 Å². The molecule has 1 saturated heterocycles. The predicted octanol–water partition coefficient (Wildman–Crippen LogP) is 6.46. The van der Waals surface area contributed by atoms with Crippen LogP contribution in [-0.4, -0.2) is 48.4 Å². The van der Waals surface area contributed by atoms with Crippen LogP contribution in [0.4, 0.5) is 0 Å². The van der Waals surface area contributed by atoms with Crippen molar-refractivity contribution < 1.29 is 23.8 Å². The monoisotopic (exact) mass is 470 g/mol. The van der Waals surface area contributed by atoms with E-state index in [1.165, 1.54) is 25.7 Å². The summed E-state index contributed by atoms with van der Waals surface area (Å²) in [5.74, 6) is 1.53. The molecule has 6 heteroatoms.